The third kappa shape index (κ3) is 5.22. The molecule has 0 spiro atoms. The van der Waals surface area contributed by atoms with Crippen molar-refractivity contribution in [1.82, 2.24) is 4.90 Å². The van der Waals surface area contributed by atoms with Crippen LogP contribution >= 0.6 is 0 Å². The summed E-state index contributed by atoms with van der Waals surface area (Å²) in [6, 6.07) is -0.0567. The summed E-state index contributed by atoms with van der Waals surface area (Å²) in [7, 11) is 0. The number of nitrogens with zero attached hydrogens (tertiary/aromatic N) is 1. The monoisotopic (exact) mass is 268 g/mol. The molecule has 1 aliphatic heterocycles. The maximum absolute atomic E-state index is 11.8. The summed E-state index contributed by atoms with van der Waals surface area (Å²) in [6.07, 6.45) is -3.49. The number of carbonyl (C=O) groups is 1. The van der Waals surface area contributed by atoms with Gasteiger partial charge in [-0.25, -0.2) is 0 Å². The molecule has 0 aromatic carbocycles. The number of nitrogens with two attached hydrogens (primary N) is 1. The number of rotatable bonds is 5. The molecule has 1 heterocycles. The van der Waals surface area contributed by atoms with Gasteiger partial charge in [0.25, 0.3) is 0 Å². The second-order valence-corrected chi connectivity index (χ2v) is 4.71. The topological polar surface area (TPSA) is 55.6 Å². The molecule has 2 unspecified atom stereocenters. The zero-order valence-electron chi connectivity index (χ0n) is 10.4. The van der Waals surface area contributed by atoms with Crippen molar-refractivity contribution in [1.29, 1.82) is 0 Å². The quantitative estimate of drug-likeness (QED) is 0.761. The molecule has 1 amide bonds. The van der Waals surface area contributed by atoms with Crippen LogP contribution in [0.1, 0.15) is 19.8 Å². The summed E-state index contributed by atoms with van der Waals surface area (Å²) in [5.74, 6) is 0.176. The lowest BCUT2D eigenvalue weighted by Gasteiger charge is -2.34. The summed E-state index contributed by atoms with van der Waals surface area (Å²) in [5.41, 5.74) is 5.84. The van der Waals surface area contributed by atoms with E-state index in [1.165, 1.54) is 0 Å². The van der Waals surface area contributed by atoms with Crippen LogP contribution in [0.2, 0.25) is 0 Å². The largest absolute Gasteiger partial charge is 0.411 e. The molecule has 0 bridgehead atoms. The van der Waals surface area contributed by atoms with E-state index in [0.717, 1.165) is 0 Å². The first-order valence-electron chi connectivity index (χ1n) is 5.97. The van der Waals surface area contributed by atoms with Gasteiger partial charge in [0, 0.05) is 32.2 Å². The third-order valence-corrected chi connectivity index (χ3v) is 2.99. The Morgan fingerprint density at radius 1 is 1.50 bits per heavy atom. The Morgan fingerprint density at radius 3 is 2.78 bits per heavy atom. The minimum absolute atomic E-state index is 0.00587. The highest BCUT2D eigenvalue weighted by Crippen LogP contribution is 2.17. The van der Waals surface area contributed by atoms with Crippen molar-refractivity contribution in [3.63, 3.8) is 0 Å². The standard InChI is InChI=1S/C11H19F3N2O2/c1-8-5-10(17)16(6-9(8)15)3-2-4-18-7-11(12,13)14/h8-9H,2-7,15H2,1H3. The van der Waals surface area contributed by atoms with Crippen molar-refractivity contribution in [3.8, 4) is 0 Å². The second kappa shape index (κ2) is 6.38. The molecule has 106 valence electrons. The van der Waals surface area contributed by atoms with Crippen molar-refractivity contribution < 1.29 is 22.7 Å². The van der Waals surface area contributed by atoms with E-state index < -0.39 is 12.8 Å². The van der Waals surface area contributed by atoms with Gasteiger partial charge >= 0.3 is 6.18 Å². The number of halogens is 3. The summed E-state index contributed by atoms with van der Waals surface area (Å²) in [4.78, 5) is 13.2. The van der Waals surface area contributed by atoms with Crippen molar-refractivity contribution >= 4 is 5.91 Å². The van der Waals surface area contributed by atoms with Gasteiger partial charge in [-0.05, 0) is 12.3 Å². The Labute approximate surface area is 104 Å². The smallest absolute Gasteiger partial charge is 0.372 e. The number of hydrogen-bond acceptors (Lipinski definition) is 3. The molecule has 0 aromatic rings. The van der Waals surface area contributed by atoms with E-state index >= 15 is 0 Å². The number of amides is 1. The third-order valence-electron chi connectivity index (χ3n) is 2.99. The molecule has 0 aromatic heterocycles. The predicted octanol–water partition coefficient (Wildman–Crippen LogP) is 1.15. The SMILES string of the molecule is CC1CC(=O)N(CCCOCC(F)(F)F)CC1N. The van der Waals surface area contributed by atoms with Gasteiger partial charge in [-0.2, -0.15) is 13.2 Å². The van der Waals surface area contributed by atoms with Gasteiger partial charge < -0.3 is 15.4 Å². The van der Waals surface area contributed by atoms with E-state index in [1.54, 1.807) is 4.90 Å². The van der Waals surface area contributed by atoms with Crippen LogP contribution in [0.25, 0.3) is 0 Å². The highest BCUT2D eigenvalue weighted by Gasteiger charge is 2.29. The van der Waals surface area contributed by atoms with Gasteiger partial charge in [-0.3, -0.25) is 4.79 Å². The molecule has 2 atom stereocenters. The minimum atomic E-state index is -4.29. The summed E-state index contributed by atoms with van der Waals surface area (Å²) in [5, 5.41) is 0. The summed E-state index contributed by atoms with van der Waals surface area (Å²) < 4.78 is 39.8. The average Bonchev–Trinajstić information content (AvgIpc) is 2.23. The number of piperidine rings is 1. The highest BCUT2D eigenvalue weighted by atomic mass is 19.4. The van der Waals surface area contributed by atoms with Gasteiger partial charge in [0.05, 0.1) is 0 Å². The molecule has 1 fully saturated rings. The second-order valence-electron chi connectivity index (χ2n) is 4.71. The Hall–Kier alpha value is -0.820. The van der Waals surface area contributed by atoms with Crippen LogP contribution in [0, 0.1) is 5.92 Å². The minimum Gasteiger partial charge on any atom is -0.372 e. The summed E-state index contributed by atoms with van der Waals surface area (Å²) in [6.45, 7) is 1.55. The Morgan fingerprint density at radius 2 is 2.17 bits per heavy atom. The molecule has 2 N–H and O–H groups in total. The van der Waals surface area contributed by atoms with Crippen LogP contribution in [-0.2, 0) is 9.53 Å². The van der Waals surface area contributed by atoms with Crippen LogP contribution < -0.4 is 5.73 Å². The first-order chi connectivity index (χ1) is 8.29. The molecule has 1 saturated heterocycles. The zero-order valence-corrected chi connectivity index (χ0v) is 10.4. The summed E-state index contributed by atoms with van der Waals surface area (Å²) >= 11 is 0. The van der Waals surface area contributed by atoms with Gasteiger partial charge in [0.15, 0.2) is 0 Å². The lowest BCUT2D eigenvalue weighted by Crippen LogP contribution is -2.50. The van der Waals surface area contributed by atoms with E-state index in [4.69, 9.17) is 5.73 Å². The van der Waals surface area contributed by atoms with Gasteiger partial charge in [0.1, 0.15) is 6.61 Å². The van der Waals surface area contributed by atoms with Crippen molar-refractivity contribution in [2.75, 3.05) is 26.3 Å². The first-order valence-corrected chi connectivity index (χ1v) is 5.97. The highest BCUT2D eigenvalue weighted by molar-refractivity contribution is 5.77. The zero-order chi connectivity index (χ0) is 13.8. The molecule has 0 saturated carbocycles. The number of carbonyl (C=O) groups excluding carboxylic acids is 1. The number of alkyl halides is 3. The maximum atomic E-state index is 11.8. The molecule has 4 nitrogen and oxygen atoms in total. The van der Waals surface area contributed by atoms with Crippen LogP contribution in [0.15, 0.2) is 0 Å². The van der Waals surface area contributed by atoms with E-state index in [-0.39, 0.29) is 24.5 Å². The van der Waals surface area contributed by atoms with Gasteiger partial charge in [-0.1, -0.05) is 6.92 Å². The average molecular weight is 268 g/mol. The number of likely N-dealkylation sites (tertiary alicyclic amines) is 1. The van der Waals surface area contributed by atoms with Gasteiger partial charge in [0.2, 0.25) is 5.91 Å². The van der Waals surface area contributed by atoms with E-state index in [0.29, 0.717) is 25.9 Å². The fourth-order valence-electron chi connectivity index (χ4n) is 1.85. The lowest BCUT2D eigenvalue weighted by molar-refractivity contribution is -0.174. The number of hydrogen-bond donors (Lipinski definition) is 1. The fraction of sp³-hybridized carbons (Fsp3) is 0.909. The Kier molecular flexibility index (Phi) is 5.40. The van der Waals surface area contributed by atoms with Crippen molar-refractivity contribution in [3.05, 3.63) is 0 Å². The normalized spacial score (nSPS) is 25.6. The fourth-order valence-corrected chi connectivity index (χ4v) is 1.85. The van der Waals surface area contributed by atoms with Crippen LogP contribution in [0.4, 0.5) is 13.2 Å². The first kappa shape index (κ1) is 15.2. The molecule has 1 aliphatic rings. The van der Waals surface area contributed by atoms with Gasteiger partial charge in [-0.15, -0.1) is 0 Å². The molecule has 1 rings (SSSR count). The lowest BCUT2D eigenvalue weighted by atomic mass is 9.93. The molecular weight excluding hydrogens is 249 g/mol. The van der Waals surface area contributed by atoms with Crippen LogP contribution in [-0.4, -0.2) is 49.3 Å². The van der Waals surface area contributed by atoms with Crippen molar-refractivity contribution in [2.45, 2.75) is 32.0 Å². The number of ether oxygens (including phenoxy) is 1. The van der Waals surface area contributed by atoms with Crippen LogP contribution in [0.5, 0.6) is 0 Å². The van der Waals surface area contributed by atoms with Crippen LogP contribution in [0.3, 0.4) is 0 Å². The molecule has 7 heteroatoms. The van der Waals surface area contributed by atoms with E-state index in [1.807, 2.05) is 6.92 Å². The molecule has 18 heavy (non-hydrogen) atoms. The van der Waals surface area contributed by atoms with E-state index in [9.17, 15) is 18.0 Å². The Balaban J connectivity index is 2.17. The predicted molar refractivity (Wildman–Crippen MR) is 59.8 cm³/mol. The van der Waals surface area contributed by atoms with E-state index in [2.05, 4.69) is 4.74 Å². The molecule has 0 radical (unpaired) electrons. The Bertz CT molecular complexity index is 284. The maximum Gasteiger partial charge on any atom is 0.411 e. The molecule has 0 aliphatic carbocycles. The van der Waals surface area contributed by atoms with Crippen molar-refractivity contribution in [2.24, 2.45) is 11.7 Å². The molecular formula is C11H19F3N2O2.